The summed E-state index contributed by atoms with van der Waals surface area (Å²) >= 11 is 3.44. The van der Waals surface area contributed by atoms with E-state index in [-0.39, 0.29) is 25.0 Å². The molecule has 0 heterocycles. The number of nitrogens with zero attached hydrogens (tertiary/aromatic N) is 1. The third-order valence-corrected chi connectivity index (χ3v) is 6.00. The van der Waals surface area contributed by atoms with Gasteiger partial charge in [-0.15, -0.1) is 0 Å². The maximum absolute atomic E-state index is 13.5. The van der Waals surface area contributed by atoms with Gasteiger partial charge in [0.25, 0.3) is 5.91 Å². The smallest absolute Gasteiger partial charge is 0.261 e. The van der Waals surface area contributed by atoms with E-state index in [2.05, 4.69) is 21.2 Å². The molecule has 0 aliphatic rings. The van der Waals surface area contributed by atoms with Crippen molar-refractivity contribution >= 4 is 27.7 Å². The van der Waals surface area contributed by atoms with Crippen molar-refractivity contribution in [2.24, 2.45) is 0 Å². The van der Waals surface area contributed by atoms with Crippen molar-refractivity contribution in [3.8, 4) is 17.2 Å². The minimum atomic E-state index is -0.720. The molecule has 0 radical (unpaired) electrons. The molecule has 1 N–H and O–H groups in total. The lowest BCUT2D eigenvalue weighted by atomic mass is 10.0. The van der Waals surface area contributed by atoms with Crippen molar-refractivity contribution in [3.05, 3.63) is 88.4 Å². The van der Waals surface area contributed by atoms with Crippen LogP contribution in [0.1, 0.15) is 11.1 Å². The summed E-state index contributed by atoms with van der Waals surface area (Å²) < 4.78 is 17.3. The maximum Gasteiger partial charge on any atom is 0.261 e. The number of ether oxygens (including phenoxy) is 3. The quantitative estimate of drug-likeness (QED) is 0.393. The van der Waals surface area contributed by atoms with Gasteiger partial charge < -0.3 is 24.4 Å². The third-order valence-electron chi connectivity index (χ3n) is 5.47. The van der Waals surface area contributed by atoms with Gasteiger partial charge in [-0.05, 0) is 23.3 Å². The molecule has 0 unspecified atom stereocenters. The van der Waals surface area contributed by atoms with Crippen LogP contribution in [0.3, 0.4) is 0 Å². The summed E-state index contributed by atoms with van der Waals surface area (Å²) in [5, 5.41) is 2.71. The molecule has 3 aromatic carbocycles. The Morgan fingerprint density at radius 3 is 2.06 bits per heavy atom. The first kappa shape index (κ1) is 26.1. The summed E-state index contributed by atoms with van der Waals surface area (Å²) in [6, 6.07) is 21.6. The Morgan fingerprint density at radius 1 is 0.886 bits per heavy atom. The molecule has 0 bridgehead atoms. The largest absolute Gasteiger partial charge is 0.496 e. The molecule has 35 heavy (non-hydrogen) atoms. The van der Waals surface area contributed by atoms with Crippen LogP contribution in [0, 0.1) is 0 Å². The molecule has 0 aliphatic heterocycles. The number of hydrogen-bond acceptors (Lipinski definition) is 5. The first-order valence-corrected chi connectivity index (χ1v) is 11.9. The summed E-state index contributed by atoms with van der Waals surface area (Å²) in [6.07, 6.45) is 0.371. The zero-order valence-corrected chi connectivity index (χ0v) is 21.6. The number of carbonyl (C=O) groups is 2. The molecule has 0 aromatic heterocycles. The van der Waals surface area contributed by atoms with Crippen molar-refractivity contribution < 1.29 is 23.8 Å². The van der Waals surface area contributed by atoms with Gasteiger partial charge in [-0.2, -0.15) is 0 Å². The molecule has 0 aliphatic carbocycles. The van der Waals surface area contributed by atoms with Crippen molar-refractivity contribution in [1.82, 2.24) is 10.2 Å². The van der Waals surface area contributed by atoms with Crippen LogP contribution in [0.2, 0.25) is 0 Å². The van der Waals surface area contributed by atoms with E-state index in [0.29, 0.717) is 23.7 Å². The Labute approximate surface area is 214 Å². The van der Waals surface area contributed by atoms with Gasteiger partial charge in [0.1, 0.15) is 23.3 Å². The number of likely N-dealkylation sites (N-methyl/N-ethyl adjacent to an activating group) is 1. The predicted octanol–water partition coefficient (Wildman–Crippen LogP) is 4.23. The van der Waals surface area contributed by atoms with Crippen LogP contribution in [0.25, 0.3) is 0 Å². The first-order valence-electron chi connectivity index (χ1n) is 11.1. The summed E-state index contributed by atoms with van der Waals surface area (Å²) in [5.74, 6) is 0.955. The van der Waals surface area contributed by atoms with Crippen LogP contribution in [-0.4, -0.2) is 50.6 Å². The highest BCUT2D eigenvalue weighted by molar-refractivity contribution is 9.10. The molecule has 1 atom stereocenters. The van der Waals surface area contributed by atoms with Gasteiger partial charge in [0, 0.05) is 42.7 Å². The third kappa shape index (κ3) is 7.48. The molecule has 0 spiro atoms. The van der Waals surface area contributed by atoms with Crippen molar-refractivity contribution in [2.75, 3.05) is 27.9 Å². The topological polar surface area (TPSA) is 77.1 Å². The molecule has 0 fully saturated rings. The highest BCUT2D eigenvalue weighted by Crippen LogP contribution is 2.27. The van der Waals surface area contributed by atoms with Crippen molar-refractivity contribution in [1.29, 1.82) is 0 Å². The minimum absolute atomic E-state index is 0.248. The molecule has 0 saturated heterocycles. The number of amides is 2. The average molecular weight is 541 g/mol. The van der Waals surface area contributed by atoms with Crippen LogP contribution in [0.4, 0.5) is 0 Å². The van der Waals surface area contributed by atoms with Crippen LogP contribution in [0.5, 0.6) is 17.2 Å². The van der Waals surface area contributed by atoms with Gasteiger partial charge in [-0.3, -0.25) is 9.59 Å². The van der Waals surface area contributed by atoms with Crippen molar-refractivity contribution in [2.45, 2.75) is 19.0 Å². The summed E-state index contributed by atoms with van der Waals surface area (Å²) in [5.41, 5.74) is 1.85. The Hall–Kier alpha value is -3.52. The van der Waals surface area contributed by atoms with E-state index in [9.17, 15) is 9.59 Å². The number of halogens is 1. The van der Waals surface area contributed by atoms with Crippen LogP contribution in [0.15, 0.2) is 77.3 Å². The summed E-state index contributed by atoms with van der Waals surface area (Å²) in [6.45, 7) is -0.00302. The molecule has 7 nitrogen and oxygen atoms in total. The standard InChI is InChI=1S/C27H29BrN2O5/c1-29-27(32)25(13-19-7-5-4-6-8-19)30(17-20-9-11-21(28)12-10-20)26(31)18-35-24-15-22(33-2)14-23(16-24)34-3/h4-12,14-16,25H,13,17-18H2,1-3H3,(H,29,32)/t25-/m0/s1. The Balaban J connectivity index is 1.87. The maximum atomic E-state index is 13.5. The zero-order chi connectivity index (χ0) is 25.2. The van der Waals surface area contributed by atoms with E-state index >= 15 is 0 Å². The molecule has 2 amide bonds. The number of rotatable bonds is 11. The minimum Gasteiger partial charge on any atom is -0.496 e. The Morgan fingerprint density at radius 2 is 1.49 bits per heavy atom. The average Bonchev–Trinajstić information content (AvgIpc) is 2.90. The van der Waals surface area contributed by atoms with Crippen LogP contribution >= 0.6 is 15.9 Å². The van der Waals surface area contributed by atoms with E-state index in [4.69, 9.17) is 14.2 Å². The second-order valence-corrected chi connectivity index (χ2v) is 8.72. The normalized spacial score (nSPS) is 11.3. The van der Waals surface area contributed by atoms with E-state index < -0.39 is 6.04 Å². The molecule has 3 rings (SSSR count). The van der Waals surface area contributed by atoms with Gasteiger partial charge in [-0.25, -0.2) is 0 Å². The van der Waals surface area contributed by atoms with Crippen LogP contribution < -0.4 is 19.5 Å². The Bertz CT molecular complexity index is 1100. The van der Waals surface area contributed by atoms with E-state index in [0.717, 1.165) is 15.6 Å². The predicted molar refractivity (Wildman–Crippen MR) is 138 cm³/mol. The fraction of sp³-hybridized carbons (Fsp3) is 0.259. The van der Waals surface area contributed by atoms with E-state index in [1.807, 2.05) is 54.6 Å². The number of carbonyl (C=O) groups excluding carboxylic acids is 2. The van der Waals surface area contributed by atoms with E-state index in [1.54, 1.807) is 44.4 Å². The number of methoxy groups -OCH3 is 2. The second-order valence-electron chi connectivity index (χ2n) is 7.80. The Kier molecular flexibility index (Phi) is 9.55. The van der Waals surface area contributed by atoms with Gasteiger partial charge in [0.15, 0.2) is 6.61 Å². The second kappa shape index (κ2) is 12.8. The van der Waals surface area contributed by atoms with Crippen molar-refractivity contribution in [3.63, 3.8) is 0 Å². The highest BCUT2D eigenvalue weighted by Gasteiger charge is 2.30. The fourth-order valence-corrected chi connectivity index (χ4v) is 3.86. The summed E-state index contributed by atoms with van der Waals surface area (Å²) in [7, 11) is 4.66. The lowest BCUT2D eigenvalue weighted by Gasteiger charge is -2.31. The number of hydrogen-bond donors (Lipinski definition) is 1. The van der Waals surface area contributed by atoms with Gasteiger partial charge in [-0.1, -0.05) is 58.4 Å². The molecule has 3 aromatic rings. The van der Waals surface area contributed by atoms with E-state index in [1.165, 1.54) is 0 Å². The van der Waals surface area contributed by atoms with Gasteiger partial charge >= 0.3 is 0 Å². The monoisotopic (exact) mass is 540 g/mol. The van der Waals surface area contributed by atoms with Gasteiger partial charge in [0.05, 0.1) is 14.2 Å². The summed E-state index contributed by atoms with van der Waals surface area (Å²) in [4.78, 5) is 28.0. The molecular formula is C27H29BrN2O5. The lowest BCUT2D eigenvalue weighted by molar-refractivity contribution is -0.142. The highest BCUT2D eigenvalue weighted by atomic mass is 79.9. The van der Waals surface area contributed by atoms with Gasteiger partial charge in [0.2, 0.25) is 5.91 Å². The molecule has 8 heteroatoms. The molecule has 0 saturated carbocycles. The SMILES string of the molecule is CNC(=O)[C@H](Cc1ccccc1)N(Cc1ccc(Br)cc1)C(=O)COc1cc(OC)cc(OC)c1. The number of nitrogens with one attached hydrogen (secondary N) is 1. The molecular weight excluding hydrogens is 512 g/mol. The van der Waals surface area contributed by atoms with Crippen LogP contribution in [-0.2, 0) is 22.6 Å². The molecule has 184 valence electrons. The first-order chi connectivity index (χ1) is 16.9. The zero-order valence-electron chi connectivity index (χ0n) is 20.0. The number of benzene rings is 3. The fourth-order valence-electron chi connectivity index (χ4n) is 3.60. The lowest BCUT2D eigenvalue weighted by Crippen LogP contribution is -2.51.